The van der Waals surface area contributed by atoms with Crippen LogP contribution < -0.4 is 14.8 Å². The van der Waals surface area contributed by atoms with Gasteiger partial charge in [-0.25, -0.2) is 4.98 Å². The smallest absolute Gasteiger partial charge is 0.277 e. The largest absolute Gasteiger partial charge is 0.493 e. The maximum Gasteiger partial charge on any atom is 0.277 e. The molecule has 2 heterocycles. The molecule has 0 aliphatic rings. The van der Waals surface area contributed by atoms with Gasteiger partial charge in [0.05, 0.1) is 19.9 Å². The Labute approximate surface area is 149 Å². The first-order valence-electron chi connectivity index (χ1n) is 7.67. The maximum absolute atomic E-state index is 12.2. The molecule has 3 aromatic rings. The van der Waals surface area contributed by atoms with E-state index in [9.17, 15) is 4.79 Å². The van der Waals surface area contributed by atoms with Crippen LogP contribution >= 0.6 is 11.3 Å². The summed E-state index contributed by atoms with van der Waals surface area (Å²) in [6.45, 7) is 2.68. The van der Waals surface area contributed by atoms with Gasteiger partial charge < -0.3 is 9.47 Å². The summed E-state index contributed by atoms with van der Waals surface area (Å²) in [7, 11) is 3.18. The number of aryl methyl sites for hydroxylation is 1. The Morgan fingerprint density at radius 2 is 2.04 bits per heavy atom. The van der Waals surface area contributed by atoms with Crippen LogP contribution in [-0.4, -0.2) is 34.9 Å². The molecule has 0 fully saturated rings. The number of ether oxygens (including phenoxy) is 2. The van der Waals surface area contributed by atoms with E-state index >= 15 is 0 Å². The van der Waals surface area contributed by atoms with Gasteiger partial charge in [-0.2, -0.15) is 5.10 Å². The average molecular weight is 358 g/mol. The Kier molecular flexibility index (Phi) is 4.99. The number of nitrogens with zero attached hydrogens (tertiary/aromatic N) is 3. The minimum absolute atomic E-state index is 0.277. The van der Waals surface area contributed by atoms with Crippen LogP contribution in [0.2, 0.25) is 0 Å². The van der Waals surface area contributed by atoms with Crippen molar-refractivity contribution in [1.29, 1.82) is 0 Å². The highest BCUT2D eigenvalue weighted by molar-refractivity contribution is 7.14. The van der Waals surface area contributed by atoms with Gasteiger partial charge in [0, 0.05) is 23.7 Å². The van der Waals surface area contributed by atoms with Crippen molar-refractivity contribution < 1.29 is 14.3 Å². The Bertz CT molecular complexity index is 888. The number of amides is 1. The first-order chi connectivity index (χ1) is 12.1. The molecule has 1 amide bonds. The van der Waals surface area contributed by atoms with Gasteiger partial charge in [0.1, 0.15) is 0 Å². The van der Waals surface area contributed by atoms with Crippen molar-refractivity contribution in [3.8, 4) is 22.8 Å². The van der Waals surface area contributed by atoms with E-state index in [2.05, 4.69) is 15.4 Å². The molecule has 1 N–H and O–H groups in total. The van der Waals surface area contributed by atoms with Gasteiger partial charge in [0.15, 0.2) is 22.3 Å². The van der Waals surface area contributed by atoms with E-state index in [0.29, 0.717) is 28.9 Å². The van der Waals surface area contributed by atoms with Gasteiger partial charge in [-0.1, -0.05) is 0 Å². The fourth-order valence-electron chi connectivity index (χ4n) is 2.28. The third-order valence-corrected chi connectivity index (χ3v) is 4.36. The lowest BCUT2D eigenvalue weighted by molar-refractivity contribution is 0.102. The predicted molar refractivity (Wildman–Crippen MR) is 96.5 cm³/mol. The second-order valence-corrected chi connectivity index (χ2v) is 5.98. The molecule has 0 saturated carbocycles. The molecule has 0 aliphatic heterocycles. The molecule has 3 rings (SSSR count). The van der Waals surface area contributed by atoms with Crippen LogP contribution in [-0.2, 0) is 6.54 Å². The number of anilines is 1. The Morgan fingerprint density at radius 3 is 2.72 bits per heavy atom. The van der Waals surface area contributed by atoms with E-state index < -0.39 is 0 Å². The summed E-state index contributed by atoms with van der Waals surface area (Å²) in [5.74, 6) is 1.01. The van der Waals surface area contributed by atoms with Crippen molar-refractivity contribution in [2.45, 2.75) is 13.5 Å². The van der Waals surface area contributed by atoms with Gasteiger partial charge >= 0.3 is 0 Å². The van der Waals surface area contributed by atoms with Crippen molar-refractivity contribution in [1.82, 2.24) is 14.8 Å². The minimum Gasteiger partial charge on any atom is -0.493 e. The van der Waals surface area contributed by atoms with E-state index in [4.69, 9.17) is 9.47 Å². The molecule has 0 bridgehead atoms. The zero-order valence-corrected chi connectivity index (χ0v) is 15.0. The lowest BCUT2D eigenvalue weighted by atomic mass is 10.1. The molecular weight excluding hydrogens is 340 g/mol. The zero-order valence-electron chi connectivity index (χ0n) is 14.1. The highest BCUT2D eigenvalue weighted by Gasteiger charge is 2.13. The molecule has 7 nitrogen and oxygen atoms in total. The van der Waals surface area contributed by atoms with Crippen LogP contribution in [0.15, 0.2) is 35.8 Å². The summed E-state index contributed by atoms with van der Waals surface area (Å²) in [6, 6.07) is 7.25. The van der Waals surface area contributed by atoms with Crippen molar-refractivity contribution in [3.05, 3.63) is 41.5 Å². The molecule has 25 heavy (non-hydrogen) atoms. The second-order valence-electron chi connectivity index (χ2n) is 5.12. The molecule has 0 atom stereocenters. The molecule has 1 aromatic carbocycles. The van der Waals surface area contributed by atoms with E-state index in [-0.39, 0.29) is 5.91 Å². The monoisotopic (exact) mass is 358 g/mol. The van der Waals surface area contributed by atoms with Crippen LogP contribution in [0.4, 0.5) is 5.13 Å². The van der Waals surface area contributed by atoms with E-state index in [1.807, 2.05) is 30.5 Å². The van der Waals surface area contributed by atoms with Crippen molar-refractivity contribution in [3.63, 3.8) is 0 Å². The Hall–Kier alpha value is -2.87. The van der Waals surface area contributed by atoms with Gasteiger partial charge in [-0.3, -0.25) is 14.8 Å². The number of rotatable bonds is 6. The molecule has 2 aromatic heterocycles. The summed E-state index contributed by atoms with van der Waals surface area (Å²) < 4.78 is 12.2. The minimum atomic E-state index is -0.277. The number of hydrogen-bond donors (Lipinski definition) is 1. The average Bonchev–Trinajstić information content (AvgIpc) is 3.30. The summed E-state index contributed by atoms with van der Waals surface area (Å²) in [6.07, 6.45) is 1.77. The summed E-state index contributed by atoms with van der Waals surface area (Å²) in [4.78, 5) is 16.7. The molecule has 0 radical (unpaired) electrons. The second kappa shape index (κ2) is 7.35. The van der Waals surface area contributed by atoms with Crippen LogP contribution in [0.3, 0.4) is 0 Å². The quantitative estimate of drug-likeness (QED) is 0.731. The first kappa shape index (κ1) is 17.0. The molecule has 0 saturated heterocycles. The normalized spacial score (nSPS) is 10.5. The summed E-state index contributed by atoms with van der Waals surface area (Å²) in [5, 5.41) is 9.35. The molecular formula is C17H18N4O3S. The van der Waals surface area contributed by atoms with Gasteiger partial charge in [0.25, 0.3) is 5.91 Å². The fourth-order valence-corrected chi connectivity index (χ4v) is 2.99. The Balaban J connectivity index is 1.77. The maximum atomic E-state index is 12.2. The fraction of sp³-hybridized carbons (Fsp3) is 0.235. The lowest BCUT2D eigenvalue weighted by Crippen LogP contribution is -2.13. The number of carbonyl (C=O) groups is 1. The standard InChI is InChI=1S/C17H18N4O3S/c1-4-21-8-7-12(20-21)16(22)19-17-18-13(10-25-17)11-5-6-14(23-2)15(9-11)24-3/h5-10H,4H2,1-3H3,(H,18,19,22). The zero-order chi connectivity index (χ0) is 17.8. The number of hydrogen-bond acceptors (Lipinski definition) is 6. The van der Waals surface area contributed by atoms with Crippen molar-refractivity contribution in [2.75, 3.05) is 19.5 Å². The topological polar surface area (TPSA) is 78.3 Å². The third kappa shape index (κ3) is 3.63. The summed E-state index contributed by atoms with van der Waals surface area (Å²) >= 11 is 1.35. The van der Waals surface area contributed by atoms with Crippen molar-refractivity contribution >= 4 is 22.4 Å². The highest BCUT2D eigenvalue weighted by Crippen LogP contribution is 2.33. The van der Waals surface area contributed by atoms with Crippen molar-refractivity contribution in [2.24, 2.45) is 0 Å². The van der Waals surface area contributed by atoms with Crippen LogP contribution in [0.5, 0.6) is 11.5 Å². The predicted octanol–water partition coefficient (Wildman–Crippen LogP) is 3.30. The molecule has 0 spiro atoms. The lowest BCUT2D eigenvalue weighted by Gasteiger charge is -2.08. The number of nitrogens with one attached hydrogen (secondary N) is 1. The van der Waals surface area contributed by atoms with E-state index in [1.54, 1.807) is 31.2 Å². The number of methoxy groups -OCH3 is 2. The molecule has 8 heteroatoms. The molecule has 0 unspecified atom stereocenters. The summed E-state index contributed by atoms with van der Waals surface area (Å²) in [5.41, 5.74) is 2.00. The van der Waals surface area contributed by atoms with Gasteiger partial charge in [-0.05, 0) is 31.2 Å². The van der Waals surface area contributed by atoms with E-state index in [1.165, 1.54) is 11.3 Å². The number of aromatic nitrogens is 3. The third-order valence-electron chi connectivity index (χ3n) is 3.60. The van der Waals surface area contributed by atoms with Gasteiger partial charge in [-0.15, -0.1) is 11.3 Å². The molecule has 130 valence electrons. The van der Waals surface area contributed by atoms with Crippen LogP contribution in [0.1, 0.15) is 17.4 Å². The number of thiazole rings is 1. The Morgan fingerprint density at radius 1 is 1.24 bits per heavy atom. The van der Waals surface area contributed by atoms with E-state index in [0.717, 1.165) is 11.3 Å². The number of carbonyl (C=O) groups excluding carboxylic acids is 1. The highest BCUT2D eigenvalue weighted by atomic mass is 32.1. The molecule has 0 aliphatic carbocycles. The van der Waals surface area contributed by atoms with Gasteiger partial charge in [0.2, 0.25) is 0 Å². The van der Waals surface area contributed by atoms with Crippen LogP contribution in [0, 0.1) is 0 Å². The SMILES string of the molecule is CCn1ccc(C(=O)Nc2nc(-c3ccc(OC)c(OC)c3)cs2)n1. The number of benzene rings is 1. The first-order valence-corrected chi connectivity index (χ1v) is 8.55. The van der Waals surface area contributed by atoms with Crippen LogP contribution in [0.25, 0.3) is 11.3 Å².